The lowest BCUT2D eigenvalue weighted by atomic mass is 10.2. The second-order valence-corrected chi connectivity index (χ2v) is 5.12. The molecule has 1 heterocycles. The molecule has 0 unspecified atom stereocenters. The third-order valence-electron chi connectivity index (χ3n) is 3.47. The van der Waals surface area contributed by atoms with Gasteiger partial charge in [0.25, 0.3) is 0 Å². The quantitative estimate of drug-likeness (QED) is 0.432. The summed E-state index contributed by atoms with van der Waals surface area (Å²) in [5, 5.41) is 31.6. The number of hydrogen-bond donors (Lipinski definition) is 4. The summed E-state index contributed by atoms with van der Waals surface area (Å²) in [6, 6.07) is 13.7. The Morgan fingerprint density at radius 2 is 1.62 bits per heavy atom. The predicted octanol–water partition coefficient (Wildman–Crippen LogP) is 3.10. The topological polar surface area (TPSA) is 102 Å². The highest BCUT2D eigenvalue weighted by atomic mass is 16.3. The molecular weight excluding hydrogens is 308 g/mol. The van der Waals surface area contributed by atoms with Gasteiger partial charge in [-0.1, -0.05) is 18.2 Å². The monoisotopic (exact) mass is 324 g/mol. The molecule has 7 nitrogen and oxygen atoms in total. The van der Waals surface area contributed by atoms with Gasteiger partial charge in [-0.15, -0.1) is 0 Å². The largest absolute Gasteiger partial charge is 0.506 e. The number of para-hydroxylation sites is 1. The maximum Gasteiger partial charge on any atom is 0.229 e. The second kappa shape index (κ2) is 6.33. The number of benzene rings is 2. The molecule has 4 N–H and O–H groups in total. The zero-order valence-electron chi connectivity index (χ0n) is 12.9. The van der Waals surface area contributed by atoms with E-state index >= 15 is 0 Å². The summed E-state index contributed by atoms with van der Waals surface area (Å²) in [7, 11) is 1.88. The van der Waals surface area contributed by atoms with Crippen LogP contribution in [0.2, 0.25) is 0 Å². The van der Waals surface area contributed by atoms with Crippen molar-refractivity contribution in [1.82, 2.24) is 9.97 Å². The number of phenolic OH excluding ortho intramolecular Hbond substituents is 3. The maximum absolute atomic E-state index is 9.83. The predicted molar refractivity (Wildman–Crippen MR) is 91.3 cm³/mol. The van der Waals surface area contributed by atoms with Gasteiger partial charge in [-0.05, 0) is 18.2 Å². The molecule has 0 atom stereocenters. The van der Waals surface area contributed by atoms with Crippen LogP contribution in [0.5, 0.6) is 17.2 Å². The molecule has 0 bridgehead atoms. The van der Waals surface area contributed by atoms with E-state index in [1.54, 1.807) is 12.3 Å². The van der Waals surface area contributed by atoms with E-state index < -0.39 is 5.75 Å². The molecule has 2 aromatic carbocycles. The highest BCUT2D eigenvalue weighted by molar-refractivity contribution is 5.68. The minimum atomic E-state index is -0.406. The number of aromatic hydroxyl groups is 3. The van der Waals surface area contributed by atoms with Crippen molar-refractivity contribution >= 4 is 23.1 Å². The molecule has 0 aliphatic heterocycles. The molecule has 0 fully saturated rings. The number of anilines is 4. The van der Waals surface area contributed by atoms with Crippen LogP contribution >= 0.6 is 0 Å². The molecule has 0 saturated carbocycles. The van der Waals surface area contributed by atoms with E-state index in [0.717, 1.165) is 11.8 Å². The summed E-state index contributed by atoms with van der Waals surface area (Å²) in [6.07, 6.45) is 1.58. The van der Waals surface area contributed by atoms with Crippen LogP contribution in [0.25, 0.3) is 0 Å². The van der Waals surface area contributed by atoms with E-state index in [9.17, 15) is 15.3 Å². The van der Waals surface area contributed by atoms with Crippen LogP contribution in [0.1, 0.15) is 0 Å². The lowest BCUT2D eigenvalue weighted by molar-refractivity contribution is 0.397. The first-order chi connectivity index (χ1) is 11.5. The molecule has 24 heavy (non-hydrogen) atoms. The Kier molecular flexibility index (Phi) is 4.07. The Labute approximate surface area is 138 Å². The van der Waals surface area contributed by atoms with E-state index in [1.807, 2.05) is 42.3 Å². The van der Waals surface area contributed by atoms with E-state index in [4.69, 9.17) is 0 Å². The van der Waals surface area contributed by atoms with Crippen LogP contribution in [0.4, 0.5) is 23.1 Å². The fourth-order valence-electron chi connectivity index (χ4n) is 2.17. The van der Waals surface area contributed by atoms with Crippen molar-refractivity contribution in [3.05, 3.63) is 54.7 Å². The van der Waals surface area contributed by atoms with Gasteiger partial charge in [0.05, 0.1) is 5.69 Å². The number of rotatable bonds is 4. The van der Waals surface area contributed by atoms with Crippen LogP contribution in [0.15, 0.2) is 54.7 Å². The van der Waals surface area contributed by atoms with E-state index in [0.29, 0.717) is 5.82 Å². The van der Waals surface area contributed by atoms with Crippen molar-refractivity contribution in [3.8, 4) is 17.2 Å². The third kappa shape index (κ3) is 3.14. The summed E-state index contributed by atoms with van der Waals surface area (Å²) in [6.45, 7) is 0. The van der Waals surface area contributed by atoms with E-state index in [-0.39, 0.29) is 23.1 Å². The zero-order chi connectivity index (χ0) is 17.1. The molecule has 3 rings (SSSR count). The van der Waals surface area contributed by atoms with Gasteiger partial charge in [-0.3, -0.25) is 0 Å². The van der Waals surface area contributed by atoms with Gasteiger partial charge in [-0.2, -0.15) is 4.98 Å². The van der Waals surface area contributed by atoms with Crippen molar-refractivity contribution in [1.29, 1.82) is 0 Å². The molecule has 0 amide bonds. The van der Waals surface area contributed by atoms with Gasteiger partial charge in [0, 0.05) is 31.1 Å². The number of nitrogens with one attached hydrogen (secondary N) is 1. The van der Waals surface area contributed by atoms with Crippen LogP contribution < -0.4 is 10.2 Å². The Morgan fingerprint density at radius 3 is 2.38 bits per heavy atom. The Hall–Kier alpha value is -3.48. The molecule has 0 spiro atoms. The highest BCUT2D eigenvalue weighted by Crippen LogP contribution is 2.36. The van der Waals surface area contributed by atoms with Crippen molar-refractivity contribution in [2.24, 2.45) is 0 Å². The molecule has 122 valence electrons. The molecule has 0 aliphatic carbocycles. The summed E-state index contributed by atoms with van der Waals surface area (Å²) >= 11 is 0. The first-order valence-electron chi connectivity index (χ1n) is 7.18. The van der Waals surface area contributed by atoms with E-state index in [2.05, 4.69) is 15.3 Å². The SMILES string of the molecule is CN(c1ccccc1)c1ccnc(Nc2cc(O)c(O)cc2O)n1. The van der Waals surface area contributed by atoms with Gasteiger partial charge in [0.15, 0.2) is 11.5 Å². The molecule has 0 radical (unpaired) electrons. The van der Waals surface area contributed by atoms with Crippen LogP contribution in [-0.2, 0) is 0 Å². The molecule has 1 aromatic heterocycles. The fourth-order valence-corrected chi connectivity index (χ4v) is 2.17. The normalized spacial score (nSPS) is 10.4. The zero-order valence-corrected chi connectivity index (χ0v) is 12.9. The van der Waals surface area contributed by atoms with Crippen molar-refractivity contribution in [2.75, 3.05) is 17.3 Å². The molecule has 7 heteroatoms. The van der Waals surface area contributed by atoms with Crippen molar-refractivity contribution in [2.45, 2.75) is 0 Å². The Balaban J connectivity index is 1.87. The van der Waals surface area contributed by atoms with Crippen LogP contribution in [0.3, 0.4) is 0 Å². The van der Waals surface area contributed by atoms with Crippen molar-refractivity contribution in [3.63, 3.8) is 0 Å². The molecule has 0 saturated heterocycles. The molecule has 3 aromatic rings. The summed E-state index contributed by atoms with van der Waals surface area (Å²) < 4.78 is 0. The van der Waals surface area contributed by atoms with Crippen LogP contribution in [0, 0.1) is 0 Å². The van der Waals surface area contributed by atoms with Gasteiger partial charge < -0.3 is 25.5 Å². The maximum atomic E-state index is 9.83. The summed E-state index contributed by atoms with van der Waals surface area (Å²) in [5.74, 6) is -0.0861. The summed E-state index contributed by atoms with van der Waals surface area (Å²) in [5.41, 5.74) is 1.15. The highest BCUT2D eigenvalue weighted by Gasteiger charge is 2.11. The summed E-state index contributed by atoms with van der Waals surface area (Å²) in [4.78, 5) is 10.4. The van der Waals surface area contributed by atoms with Crippen LogP contribution in [-0.4, -0.2) is 32.3 Å². The standard InChI is InChI=1S/C17H16N4O3/c1-21(11-5-3-2-4-6-11)16-7-8-18-17(20-16)19-12-9-14(23)15(24)10-13(12)22/h2-10,22-24H,1H3,(H,18,19,20). The van der Waals surface area contributed by atoms with E-state index in [1.165, 1.54) is 6.07 Å². The fraction of sp³-hybridized carbons (Fsp3) is 0.0588. The lowest BCUT2D eigenvalue weighted by Gasteiger charge is -2.18. The Bertz CT molecular complexity index is 856. The average Bonchev–Trinajstić information content (AvgIpc) is 2.60. The molecular formula is C17H16N4O3. The van der Waals surface area contributed by atoms with Gasteiger partial charge in [-0.25, -0.2) is 4.98 Å². The lowest BCUT2D eigenvalue weighted by Crippen LogP contribution is -2.12. The number of nitrogens with zero attached hydrogens (tertiary/aromatic N) is 3. The first kappa shape index (κ1) is 15.4. The minimum absolute atomic E-state index is 0.185. The smallest absolute Gasteiger partial charge is 0.229 e. The molecule has 0 aliphatic rings. The Morgan fingerprint density at radius 1 is 0.917 bits per heavy atom. The minimum Gasteiger partial charge on any atom is -0.506 e. The van der Waals surface area contributed by atoms with Gasteiger partial charge in [0.1, 0.15) is 11.6 Å². The average molecular weight is 324 g/mol. The third-order valence-corrected chi connectivity index (χ3v) is 3.47. The number of aromatic nitrogens is 2. The number of phenols is 3. The van der Waals surface area contributed by atoms with Gasteiger partial charge >= 0.3 is 0 Å². The van der Waals surface area contributed by atoms with Crippen molar-refractivity contribution < 1.29 is 15.3 Å². The first-order valence-corrected chi connectivity index (χ1v) is 7.18. The van der Waals surface area contributed by atoms with Gasteiger partial charge in [0.2, 0.25) is 5.95 Å². The number of hydrogen-bond acceptors (Lipinski definition) is 7. The second-order valence-electron chi connectivity index (χ2n) is 5.12.